The highest BCUT2D eigenvalue weighted by Crippen LogP contribution is 2.31. The van der Waals surface area contributed by atoms with Gasteiger partial charge in [-0.25, -0.2) is 9.66 Å². The van der Waals surface area contributed by atoms with Crippen LogP contribution >= 0.6 is 0 Å². The minimum atomic E-state index is -4.38. The average Bonchev–Trinajstić information content (AvgIpc) is 3.15. The van der Waals surface area contributed by atoms with Crippen molar-refractivity contribution in [3.63, 3.8) is 0 Å². The number of pyridine rings is 1. The summed E-state index contributed by atoms with van der Waals surface area (Å²) < 4.78 is 45.3. The number of fused-ring (bicyclic) bond motifs is 1. The number of rotatable bonds is 4. The van der Waals surface area contributed by atoms with Gasteiger partial charge in [0.2, 0.25) is 0 Å². The van der Waals surface area contributed by atoms with Crippen molar-refractivity contribution in [1.82, 2.24) is 24.9 Å². The lowest BCUT2D eigenvalue weighted by molar-refractivity contribution is -0.137. The highest BCUT2D eigenvalue weighted by atomic mass is 19.4. The summed E-state index contributed by atoms with van der Waals surface area (Å²) >= 11 is 0. The molecule has 1 amide bonds. The van der Waals surface area contributed by atoms with Gasteiger partial charge in [0, 0.05) is 56.6 Å². The van der Waals surface area contributed by atoms with Crippen molar-refractivity contribution in [2.75, 3.05) is 38.3 Å². The van der Waals surface area contributed by atoms with E-state index in [2.05, 4.69) is 25.6 Å². The van der Waals surface area contributed by atoms with Crippen LogP contribution in [0.2, 0.25) is 0 Å². The minimum Gasteiger partial charge on any atom is -0.381 e. The quantitative estimate of drug-likeness (QED) is 0.762. The van der Waals surface area contributed by atoms with Crippen molar-refractivity contribution >= 4 is 5.91 Å². The van der Waals surface area contributed by atoms with E-state index in [-0.39, 0.29) is 23.9 Å². The van der Waals surface area contributed by atoms with Gasteiger partial charge in [-0.1, -0.05) is 0 Å². The van der Waals surface area contributed by atoms with Gasteiger partial charge in [0.25, 0.3) is 5.91 Å². The molecule has 2 fully saturated rings. The molecular weight excluding hydrogens is 413 g/mol. The molecule has 2 N–H and O–H groups in total. The number of carbonyl (C=O) groups excluding carboxylic acids is 1. The first-order chi connectivity index (χ1) is 14.9. The third kappa shape index (κ3) is 3.99. The van der Waals surface area contributed by atoms with E-state index in [1.165, 1.54) is 6.07 Å². The zero-order chi connectivity index (χ0) is 21.6. The first-order valence-electron chi connectivity index (χ1n) is 10.4. The second-order valence-corrected chi connectivity index (χ2v) is 8.26. The Hall–Kier alpha value is -2.66. The van der Waals surface area contributed by atoms with Gasteiger partial charge >= 0.3 is 6.18 Å². The summed E-state index contributed by atoms with van der Waals surface area (Å²) in [5.41, 5.74) is 3.76. The third-order valence-corrected chi connectivity index (χ3v) is 6.13. The predicted octanol–water partition coefficient (Wildman–Crippen LogP) is 1.90. The van der Waals surface area contributed by atoms with Crippen LogP contribution in [-0.2, 0) is 10.9 Å². The third-order valence-electron chi connectivity index (χ3n) is 6.13. The molecule has 2 saturated heterocycles. The molecule has 0 aromatic carbocycles. The van der Waals surface area contributed by atoms with Crippen LogP contribution in [0.3, 0.4) is 0 Å². The highest BCUT2D eigenvalue weighted by molar-refractivity contribution is 5.93. The molecule has 2 aromatic heterocycles. The van der Waals surface area contributed by atoms with E-state index in [9.17, 15) is 18.0 Å². The van der Waals surface area contributed by atoms with Crippen LogP contribution in [0.1, 0.15) is 52.2 Å². The van der Waals surface area contributed by atoms with Crippen LogP contribution in [0.15, 0.2) is 24.5 Å². The number of imidazole rings is 1. The summed E-state index contributed by atoms with van der Waals surface area (Å²) in [6.45, 7) is 3.31. The number of halogens is 3. The second-order valence-electron chi connectivity index (χ2n) is 8.26. The van der Waals surface area contributed by atoms with Crippen LogP contribution in [-0.4, -0.2) is 64.5 Å². The molecule has 5 rings (SSSR count). The maximum Gasteiger partial charge on any atom is 0.417 e. The number of amides is 1. The Kier molecular flexibility index (Phi) is 5.09. The number of aromatic nitrogens is 3. The standard InChI is InChI=1S/C20H23F3N6O2/c21-20(22,23)14-1-2-15(24-7-14)13-9-28(10-13)11-17-26-19(30)16-8-25-18(29(16)27-17)12-3-5-31-6-4-12/h1-2,7-8,12-13,17,27H,3-6,9-11H2,(H,26,30). The monoisotopic (exact) mass is 436 g/mol. The number of carbonyl (C=O) groups is 1. The molecule has 8 nitrogen and oxygen atoms in total. The topological polar surface area (TPSA) is 84.3 Å². The van der Waals surface area contributed by atoms with E-state index in [1.807, 2.05) is 0 Å². The molecular formula is C20H23F3N6O2. The molecule has 2 aromatic rings. The summed E-state index contributed by atoms with van der Waals surface area (Å²) in [5, 5.41) is 2.95. The maximum atomic E-state index is 12.7. The first-order valence-corrected chi connectivity index (χ1v) is 10.4. The molecule has 166 valence electrons. The van der Waals surface area contributed by atoms with E-state index >= 15 is 0 Å². The van der Waals surface area contributed by atoms with Crippen LogP contribution in [0, 0.1) is 0 Å². The molecule has 5 heterocycles. The number of hydrogen-bond donors (Lipinski definition) is 2. The fourth-order valence-corrected chi connectivity index (χ4v) is 4.39. The van der Waals surface area contributed by atoms with E-state index in [0.717, 1.165) is 30.9 Å². The Labute approximate surface area is 176 Å². The summed E-state index contributed by atoms with van der Waals surface area (Å²) in [7, 11) is 0. The lowest BCUT2D eigenvalue weighted by atomic mass is 9.95. The minimum absolute atomic E-state index is 0.0863. The highest BCUT2D eigenvalue weighted by Gasteiger charge is 2.36. The Morgan fingerprint density at radius 3 is 2.55 bits per heavy atom. The van der Waals surface area contributed by atoms with E-state index in [0.29, 0.717) is 44.2 Å². The van der Waals surface area contributed by atoms with Gasteiger partial charge in [0.05, 0.1) is 11.8 Å². The summed E-state index contributed by atoms with van der Waals surface area (Å²) in [4.78, 5) is 23.1. The normalized spacial score (nSPS) is 23.1. The van der Waals surface area contributed by atoms with Gasteiger partial charge in [-0.05, 0) is 25.0 Å². The molecule has 0 aliphatic carbocycles. The van der Waals surface area contributed by atoms with Crippen molar-refractivity contribution in [3.05, 3.63) is 47.3 Å². The number of nitrogens with zero attached hydrogens (tertiary/aromatic N) is 4. The molecule has 31 heavy (non-hydrogen) atoms. The molecule has 11 heteroatoms. The summed E-state index contributed by atoms with van der Waals surface area (Å²) in [5.74, 6) is 1.02. The molecule has 1 unspecified atom stereocenters. The smallest absolute Gasteiger partial charge is 0.381 e. The molecule has 0 radical (unpaired) electrons. The van der Waals surface area contributed by atoms with Gasteiger partial charge in [-0.2, -0.15) is 13.2 Å². The number of ether oxygens (including phenoxy) is 1. The van der Waals surface area contributed by atoms with E-state index < -0.39 is 11.7 Å². The van der Waals surface area contributed by atoms with Crippen molar-refractivity contribution in [2.45, 2.75) is 37.0 Å². The van der Waals surface area contributed by atoms with Gasteiger partial charge in [0.1, 0.15) is 17.7 Å². The van der Waals surface area contributed by atoms with Crippen LogP contribution in [0.25, 0.3) is 0 Å². The fraction of sp³-hybridized carbons (Fsp3) is 0.550. The maximum absolute atomic E-state index is 12.7. The molecule has 1 atom stereocenters. The largest absolute Gasteiger partial charge is 0.417 e. The molecule has 0 spiro atoms. The van der Waals surface area contributed by atoms with Crippen LogP contribution in [0.5, 0.6) is 0 Å². The van der Waals surface area contributed by atoms with Gasteiger partial charge < -0.3 is 15.5 Å². The Morgan fingerprint density at radius 1 is 1.10 bits per heavy atom. The van der Waals surface area contributed by atoms with Crippen molar-refractivity contribution in [3.8, 4) is 0 Å². The van der Waals surface area contributed by atoms with Crippen LogP contribution in [0.4, 0.5) is 13.2 Å². The molecule has 0 bridgehead atoms. The van der Waals surface area contributed by atoms with Gasteiger partial charge in [-0.3, -0.25) is 14.7 Å². The van der Waals surface area contributed by atoms with Gasteiger partial charge in [0.15, 0.2) is 0 Å². The molecule has 3 aliphatic rings. The predicted molar refractivity (Wildman–Crippen MR) is 104 cm³/mol. The zero-order valence-electron chi connectivity index (χ0n) is 16.7. The lowest BCUT2D eigenvalue weighted by Gasteiger charge is -2.42. The number of nitrogens with one attached hydrogen (secondary N) is 2. The fourth-order valence-electron chi connectivity index (χ4n) is 4.39. The van der Waals surface area contributed by atoms with Crippen molar-refractivity contribution in [2.24, 2.45) is 0 Å². The van der Waals surface area contributed by atoms with Crippen LogP contribution < -0.4 is 10.7 Å². The van der Waals surface area contributed by atoms with E-state index in [4.69, 9.17) is 4.74 Å². The Balaban J connectivity index is 1.19. The zero-order valence-corrected chi connectivity index (χ0v) is 16.7. The number of alkyl halides is 3. The Morgan fingerprint density at radius 2 is 1.87 bits per heavy atom. The number of hydrogen-bond acceptors (Lipinski definition) is 6. The second kappa shape index (κ2) is 7.79. The average molecular weight is 436 g/mol. The lowest BCUT2D eigenvalue weighted by Crippen LogP contribution is -2.59. The SMILES string of the molecule is O=C1NC(CN2CC(c3ccc(C(F)(F)F)cn3)C2)Nn2c1cnc2C1CCOCC1. The summed E-state index contributed by atoms with van der Waals surface area (Å²) in [6, 6.07) is 2.52. The number of likely N-dealkylation sites (tertiary alicyclic amines) is 1. The Bertz CT molecular complexity index is 949. The van der Waals surface area contributed by atoms with Gasteiger partial charge in [-0.15, -0.1) is 0 Å². The van der Waals surface area contributed by atoms with Crippen molar-refractivity contribution < 1.29 is 22.7 Å². The van der Waals surface area contributed by atoms with E-state index in [1.54, 1.807) is 10.9 Å². The molecule has 3 aliphatic heterocycles. The first kappa shape index (κ1) is 20.3. The summed E-state index contributed by atoms with van der Waals surface area (Å²) in [6.07, 6.45) is -0.429. The molecule has 0 saturated carbocycles. The van der Waals surface area contributed by atoms with Crippen molar-refractivity contribution in [1.29, 1.82) is 0 Å².